The Morgan fingerprint density at radius 1 is 1.14 bits per heavy atom. The number of carbonyl (C=O) groups excluding carboxylic acids is 1. The predicted molar refractivity (Wildman–Crippen MR) is 127 cm³/mol. The smallest absolute Gasteiger partial charge is 0.416 e. The number of benzene rings is 2. The van der Waals surface area contributed by atoms with Crippen LogP contribution in [-0.4, -0.2) is 54.4 Å². The van der Waals surface area contributed by atoms with Gasteiger partial charge >= 0.3 is 12.3 Å². The quantitative estimate of drug-likeness (QED) is 0.486. The van der Waals surface area contributed by atoms with Crippen LogP contribution in [0.15, 0.2) is 30.3 Å². The number of nitrogens with one attached hydrogen (secondary N) is 1. The summed E-state index contributed by atoms with van der Waals surface area (Å²) in [5.41, 5.74) is 5.73. The number of aryl methyl sites for hydroxylation is 1. The zero-order valence-corrected chi connectivity index (χ0v) is 20.0. The molecule has 2 aromatic carbocycles. The minimum atomic E-state index is -4.53. The number of ether oxygens (including phenoxy) is 3. The van der Waals surface area contributed by atoms with Gasteiger partial charge in [-0.05, 0) is 43.7 Å². The number of rotatable bonds is 5. The Kier molecular flexibility index (Phi) is 7.07. The summed E-state index contributed by atoms with van der Waals surface area (Å²) >= 11 is 0. The maximum Gasteiger partial charge on any atom is 0.416 e. The van der Waals surface area contributed by atoms with Gasteiger partial charge in [-0.15, -0.1) is 0 Å². The van der Waals surface area contributed by atoms with Crippen LogP contribution in [0.5, 0.6) is 11.5 Å². The van der Waals surface area contributed by atoms with Crippen molar-refractivity contribution in [2.45, 2.75) is 26.1 Å². The lowest BCUT2D eigenvalue weighted by atomic mass is 10.0. The molecule has 9 nitrogen and oxygen atoms in total. The Hall–Kier alpha value is -3.80. The fourth-order valence-electron chi connectivity index (χ4n) is 3.89. The number of nitrogens with zero attached hydrogens (tertiary/aromatic N) is 3. The van der Waals surface area contributed by atoms with Crippen LogP contribution in [0, 0.1) is 6.92 Å². The largest absolute Gasteiger partial charge is 0.493 e. The number of fused-ring (bicyclic) bond motifs is 1. The number of hydrogen-bond donors (Lipinski definition) is 2. The molecule has 0 radical (unpaired) electrons. The van der Waals surface area contributed by atoms with Crippen molar-refractivity contribution in [3.8, 4) is 11.5 Å². The highest BCUT2D eigenvalue weighted by Gasteiger charge is 2.31. The van der Waals surface area contributed by atoms with E-state index in [0.29, 0.717) is 60.2 Å². The Balaban J connectivity index is 1.69. The van der Waals surface area contributed by atoms with Crippen molar-refractivity contribution in [1.29, 1.82) is 0 Å². The molecule has 1 atom stereocenters. The number of amides is 1. The van der Waals surface area contributed by atoms with E-state index < -0.39 is 23.9 Å². The Bertz CT molecular complexity index is 1280. The Morgan fingerprint density at radius 2 is 1.86 bits per heavy atom. The van der Waals surface area contributed by atoms with Gasteiger partial charge in [0.1, 0.15) is 11.6 Å². The topological polar surface area (TPSA) is 112 Å². The molecule has 3 N–H and O–H groups in total. The van der Waals surface area contributed by atoms with E-state index in [9.17, 15) is 18.0 Å². The number of aromatic nitrogens is 2. The summed E-state index contributed by atoms with van der Waals surface area (Å²) in [6.45, 7) is 5.03. The van der Waals surface area contributed by atoms with E-state index in [0.717, 1.165) is 12.1 Å². The van der Waals surface area contributed by atoms with Crippen molar-refractivity contribution in [2.24, 2.45) is 0 Å². The average Bonchev–Trinajstić information content (AvgIpc) is 2.83. The van der Waals surface area contributed by atoms with Crippen LogP contribution in [0.2, 0.25) is 0 Å². The molecule has 12 heteroatoms. The highest BCUT2D eigenvalue weighted by molar-refractivity contribution is 5.92. The SMILES string of the molecule is COc1cc2nc(C)nc(NC(C)c3cc(N)cc(C(F)(F)F)c3)c2cc1OC(=O)N1CCOCC1. The summed E-state index contributed by atoms with van der Waals surface area (Å²) in [5.74, 6) is 1.24. The molecule has 3 aromatic rings. The van der Waals surface area contributed by atoms with Crippen molar-refractivity contribution < 1.29 is 32.2 Å². The zero-order chi connectivity index (χ0) is 26.0. The molecule has 192 valence electrons. The van der Waals surface area contributed by atoms with Crippen LogP contribution in [0.4, 0.5) is 29.5 Å². The van der Waals surface area contributed by atoms with Gasteiger partial charge < -0.3 is 30.2 Å². The lowest BCUT2D eigenvalue weighted by molar-refractivity contribution is -0.137. The molecule has 1 unspecified atom stereocenters. The summed E-state index contributed by atoms with van der Waals surface area (Å²) in [6.07, 6.45) is -5.08. The Morgan fingerprint density at radius 3 is 2.53 bits per heavy atom. The minimum absolute atomic E-state index is 0.000696. The molecule has 0 bridgehead atoms. The molecule has 0 spiro atoms. The zero-order valence-electron chi connectivity index (χ0n) is 20.0. The van der Waals surface area contributed by atoms with E-state index >= 15 is 0 Å². The van der Waals surface area contributed by atoms with Crippen molar-refractivity contribution in [2.75, 3.05) is 44.5 Å². The molecule has 0 saturated carbocycles. The monoisotopic (exact) mass is 505 g/mol. The van der Waals surface area contributed by atoms with Crippen LogP contribution in [-0.2, 0) is 10.9 Å². The number of hydrogen-bond acceptors (Lipinski definition) is 8. The number of anilines is 2. The van der Waals surface area contributed by atoms with Crippen molar-refractivity contribution in [3.63, 3.8) is 0 Å². The second-order valence-electron chi connectivity index (χ2n) is 8.36. The molecule has 1 aliphatic rings. The second kappa shape index (κ2) is 10.1. The third kappa shape index (κ3) is 5.54. The first kappa shape index (κ1) is 25.3. The molecular weight excluding hydrogens is 479 g/mol. The van der Waals surface area contributed by atoms with Crippen LogP contribution in [0.1, 0.15) is 29.9 Å². The third-order valence-electron chi connectivity index (χ3n) is 5.72. The van der Waals surface area contributed by atoms with Crippen LogP contribution in [0.25, 0.3) is 10.9 Å². The minimum Gasteiger partial charge on any atom is -0.493 e. The first-order valence-electron chi connectivity index (χ1n) is 11.2. The molecule has 2 heterocycles. The summed E-state index contributed by atoms with van der Waals surface area (Å²) in [6, 6.07) is 6.01. The number of nitrogen functional groups attached to an aromatic ring is 1. The van der Waals surface area contributed by atoms with E-state index in [1.807, 2.05) is 0 Å². The van der Waals surface area contributed by atoms with Crippen LogP contribution >= 0.6 is 0 Å². The fourth-order valence-corrected chi connectivity index (χ4v) is 3.89. The van der Waals surface area contributed by atoms with Crippen molar-refractivity contribution >= 4 is 28.5 Å². The summed E-state index contributed by atoms with van der Waals surface area (Å²) in [7, 11) is 1.45. The third-order valence-corrected chi connectivity index (χ3v) is 5.72. The van der Waals surface area contributed by atoms with Gasteiger partial charge in [-0.1, -0.05) is 0 Å². The van der Waals surface area contributed by atoms with Crippen LogP contribution < -0.4 is 20.5 Å². The van der Waals surface area contributed by atoms with E-state index in [-0.39, 0.29) is 11.4 Å². The average molecular weight is 505 g/mol. The van der Waals surface area contributed by atoms with Crippen LogP contribution in [0.3, 0.4) is 0 Å². The maximum atomic E-state index is 13.3. The fraction of sp³-hybridized carbons (Fsp3) is 0.375. The predicted octanol–water partition coefficient (Wildman–Crippen LogP) is 4.55. The van der Waals surface area contributed by atoms with Gasteiger partial charge in [0.05, 0.1) is 37.4 Å². The highest BCUT2D eigenvalue weighted by Crippen LogP contribution is 2.37. The van der Waals surface area contributed by atoms with E-state index in [2.05, 4.69) is 15.3 Å². The lowest BCUT2D eigenvalue weighted by Gasteiger charge is -2.26. The molecule has 1 saturated heterocycles. The maximum absolute atomic E-state index is 13.3. The van der Waals surface area contributed by atoms with E-state index in [1.54, 1.807) is 26.0 Å². The number of halogens is 3. The van der Waals surface area contributed by atoms with E-state index in [1.165, 1.54) is 18.1 Å². The van der Waals surface area contributed by atoms with E-state index in [4.69, 9.17) is 19.9 Å². The summed E-state index contributed by atoms with van der Waals surface area (Å²) in [5, 5.41) is 3.65. The standard InChI is InChI=1S/C24H26F3N5O4/c1-13(15-8-16(24(25,26)27)10-17(28)9-15)29-22-18-11-21(36-23(33)32-4-6-35-7-5-32)20(34-3)12-19(18)30-14(2)31-22/h8-13H,4-7,28H2,1-3H3,(H,29,30,31). The van der Waals surface area contributed by atoms with Gasteiger partial charge in [-0.25, -0.2) is 14.8 Å². The Labute approximate surface area is 205 Å². The number of carbonyl (C=O) groups is 1. The van der Waals surface area contributed by atoms with Gasteiger partial charge in [0.2, 0.25) is 0 Å². The molecule has 36 heavy (non-hydrogen) atoms. The van der Waals surface area contributed by atoms with Crippen molar-refractivity contribution in [1.82, 2.24) is 14.9 Å². The van der Waals surface area contributed by atoms with Gasteiger partial charge in [0.15, 0.2) is 11.5 Å². The molecule has 0 aliphatic carbocycles. The normalized spacial score (nSPS) is 15.0. The van der Waals surface area contributed by atoms with Gasteiger partial charge in [-0.3, -0.25) is 0 Å². The number of alkyl halides is 3. The molecule has 1 aliphatic heterocycles. The molecule has 1 amide bonds. The molecule has 1 fully saturated rings. The molecule has 1 aromatic heterocycles. The molecule has 4 rings (SSSR count). The van der Waals surface area contributed by atoms with Crippen molar-refractivity contribution in [3.05, 3.63) is 47.3 Å². The second-order valence-corrected chi connectivity index (χ2v) is 8.36. The number of morpholine rings is 1. The summed E-state index contributed by atoms with van der Waals surface area (Å²) in [4.78, 5) is 23.1. The summed E-state index contributed by atoms with van der Waals surface area (Å²) < 4.78 is 56.2. The van der Waals surface area contributed by atoms with Gasteiger partial charge in [0.25, 0.3) is 0 Å². The molecular formula is C24H26F3N5O4. The lowest BCUT2D eigenvalue weighted by Crippen LogP contribution is -2.42. The van der Waals surface area contributed by atoms with Gasteiger partial charge in [-0.2, -0.15) is 13.2 Å². The highest BCUT2D eigenvalue weighted by atomic mass is 19.4. The van der Waals surface area contributed by atoms with Gasteiger partial charge in [0, 0.05) is 30.2 Å². The number of nitrogens with two attached hydrogens (primary N) is 1. The first-order valence-corrected chi connectivity index (χ1v) is 11.2. The first-order chi connectivity index (χ1) is 17.0. The number of methoxy groups -OCH3 is 1.